The summed E-state index contributed by atoms with van der Waals surface area (Å²) in [4.78, 5) is 26.6. The minimum atomic E-state index is -0.475. The van der Waals surface area contributed by atoms with Gasteiger partial charge in [0, 0.05) is 17.8 Å². The molecule has 120 valence electrons. The largest absolute Gasteiger partial charge is 0.319 e. The second-order valence-electron chi connectivity index (χ2n) is 4.99. The predicted octanol–water partition coefficient (Wildman–Crippen LogP) is 2.74. The van der Waals surface area contributed by atoms with Gasteiger partial charge in [-0.2, -0.15) is 0 Å². The molecule has 0 bridgehead atoms. The smallest absolute Gasteiger partial charge is 0.295 e. The maximum Gasteiger partial charge on any atom is 0.295 e. The molecule has 0 unspecified atom stereocenters. The Kier molecular flexibility index (Phi) is 4.02. The van der Waals surface area contributed by atoms with Crippen molar-refractivity contribution in [3.05, 3.63) is 76.4 Å². The zero-order valence-corrected chi connectivity index (χ0v) is 12.7. The number of carbonyl (C=O) groups is 1. The van der Waals surface area contributed by atoms with Crippen LogP contribution in [0.5, 0.6) is 0 Å². The summed E-state index contributed by atoms with van der Waals surface area (Å²) in [5.41, 5.74) is 1.22. The first-order valence-electron chi connectivity index (χ1n) is 7.09. The maximum absolute atomic E-state index is 12.2. The standard InChI is InChI=1S/C16H13N5O3/c1-11-17-15(16(22)18-12-5-3-2-4-6-12)19-20(11)13-7-9-14(10-8-13)21(23)24/h2-10H,1H3,(H,18,22). The predicted molar refractivity (Wildman–Crippen MR) is 87.1 cm³/mol. The number of anilines is 1. The third kappa shape index (κ3) is 3.12. The van der Waals surface area contributed by atoms with Gasteiger partial charge in [-0.1, -0.05) is 18.2 Å². The van der Waals surface area contributed by atoms with Crippen LogP contribution >= 0.6 is 0 Å². The molecule has 1 N–H and O–H groups in total. The Labute approximate surface area is 136 Å². The van der Waals surface area contributed by atoms with Crippen molar-refractivity contribution in [2.45, 2.75) is 6.92 Å². The van der Waals surface area contributed by atoms with Gasteiger partial charge in [0.1, 0.15) is 5.82 Å². The summed E-state index contributed by atoms with van der Waals surface area (Å²) in [6, 6.07) is 14.8. The number of amides is 1. The lowest BCUT2D eigenvalue weighted by Crippen LogP contribution is -2.14. The number of benzene rings is 2. The third-order valence-electron chi connectivity index (χ3n) is 3.31. The van der Waals surface area contributed by atoms with E-state index in [4.69, 9.17) is 0 Å². The van der Waals surface area contributed by atoms with Crippen molar-refractivity contribution in [1.29, 1.82) is 0 Å². The molecule has 3 aromatic rings. The van der Waals surface area contributed by atoms with Gasteiger partial charge in [0.05, 0.1) is 10.6 Å². The summed E-state index contributed by atoms with van der Waals surface area (Å²) >= 11 is 0. The van der Waals surface area contributed by atoms with Crippen LogP contribution in [-0.4, -0.2) is 25.6 Å². The molecule has 8 heteroatoms. The third-order valence-corrected chi connectivity index (χ3v) is 3.31. The number of nitro groups is 1. The van der Waals surface area contributed by atoms with Gasteiger partial charge in [-0.05, 0) is 31.2 Å². The van der Waals surface area contributed by atoms with Crippen LogP contribution in [0.2, 0.25) is 0 Å². The molecule has 0 aliphatic heterocycles. The lowest BCUT2D eigenvalue weighted by atomic mass is 10.3. The lowest BCUT2D eigenvalue weighted by molar-refractivity contribution is -0.384. The summed E-state index contributed by atoms with van der Waals surface area (Å²) in [5.74, 6) is 0.0988. The molecule has 0 saturated heterocycles. The van der Waals surface area contributed by atoms with E-state index in [0.29, 0.717) is 17.2 Å². The molecule has 3 rings (SSSR count). The van der Waals surface area contributed by atoms with Crippen molar-refractivity contribution in [1.82, 2.24) is 14.8 Å². The number of hydrogen-bond donors (Lipinski definition) is 1. The first-order chi connectivity index (χ1) is 11.5. The van der Waals surface area contributed by atoms with Crippen LogP contribution in [0.1, 0.15) is 16.4 Å². The number of nitrogens with zero attached hydrogens (tertiary/aromatic N) is 4. The van der Waals surface area contributed by atoms with Gasteiger partial charge in [-0.25, -0.2) is 9.67 Å². The number of aromatic nitrogens is 3. The van der Waals surface area contributed by atoms with Gasteiger partial charge < -0.3 is 5.32 Å². The Morgan fingerprint density at radius 1 is 1.12 bits per heavy atom. The first kappa shape index (κ1) is 15.3. The molecule has 0 saturated carbocycles. The van der Waals surface area contributed by atoms with Crippen LogP contribution in [0.15, 0.2) is 54.6 Å². The summed E-state index contributed by atoms with van der Waals surface area (Å²) in [5, 5.41) is 17.6. The average Bonchev–Trinajstić information content (AvgIpc) is 2.98. The van der Waals surface area contributed by atoms with E-state index in [0.717, 1.165) is 0 Å². The van der Waals surface area contributed by atoms with Crippen molar-refractivity contribution in [3.63, 3.8) is 0 Å². The normalized spacial score (nSPS) is 10.4. The summed E-state index contributed by atoms with van der Waals surface area (Å²) < 4.78 is 1.46. The number of non-ortho nitro benzene ring substituents is 1. The van der Waals surface area contributed by atoms with Crippen LogP contribution in [0.4, 0.5) is 11.4 Å². The topological polar surface area (TPSA) is 103 Å². The second kappa shape index (κ2) is 6.29. The summed E-state index contributed by atoms with van der Waals surface area (Å²) in [6.45, 7) is 1.70. The number of carbonyl (C=O) groups excluding carboxylic acids is 1. The Morgan fingerprint density at radius 2 is 1.79 bits per heavy atom. The summed E-state index contributed by atoms with van der Waals surface area (Å²) in [7, 11) is 0. The fourth-order valence-corrected chi connectivity index (χ4v) is 2.15. The second-order valence-corrected chi connectivity index (χ2v) is 4.99. The molecular formula is C16H13N5O3. The molecule has 0 spiro atoms. The van der Waals surface area contributed by atoms with E-state index < -0.39 is 10.8 Å². The quantitative estimate of drug-likeness (QED) is 0.587. The van der Waals surface area contributed by atoms with Crippen molar-refractivity contribution in [2.24, 2.45) is 0 Å². The van der Waals surface area contributed by atoms with E-state index in [1.807, 2.05) is 18.2 Å². The molecule has 2 aromatic carbocycles. The lowest BCUT2D eigenvalue weighted by Gasteiger charge is -2.02. The molecule has 1 aromatic heterocycles. The van der Waals surface area contributed by atoms with Crippen molar-refractivity contribution in [3.8, 4) is 5.69 Å². The SMILES string of the molecule is Cc1nc(C(=O)Nc2ccccc2)nn1-c1ccc([N+](=O)[O-])cc1. The number of nitro benzene ring substituents is 1. The zero-order chi connectivity index (χ0) is 17.1. The van der Waals surface area contributed by atoms with Crippen LogP contribution in [0.3, 0.4) is 0 Å². The van der Waals surface area contributed by atoms with Gasteiger partial charge in [-0.15, -0.1) is 5.10 Å². The van der Waals surface area contributed by atoms with Crippen molar-refractivity contribution >= 4 is 17.3 Å². The molecule has 0 aliphatic rings. The van der Waals surface area contributed by atoms with Crippen LogP contribution < -0.4 is 5.32 Å². The first-order valence-corrected chi connectivity index (χ1v) is 7.09. The fourth-order valence-electron chi connectivity index (χ4n) is 2.15. The molecule has 0 radical (unpaired) electrons. The van der Waals surface area contributed by atoms with Gasteiger partial charge in [-0.3, -0.25) is 14.9 Å². The number of hydrogen-bond acceptors (Lipinski definition) is 5. The van der Waals surface area contributed by atoms with Crippen LogP contribution in [0.25, 0.3) is 5.69 Å². The van der Waals surface area contributed by atoms with Gasteiger partial charge >= 0.3 is 0 Å². The number of nitrogens with one attached hydrogen (secondary N) is 1. The van der Waals surface area contributed by atoms with Crippen molar-refractivity contribution in [2.75, 3.05) is 5.32 Å². The molecule has 1 amide bonds. The fraction of sp³-hybridized carbons (Fsp3) is 0.0625. The monoisotopic (exact) mass is 323 g/mol. The molecule has 8 nitrogen and oxygen atoms in total. The van der Waals surface area contributed by atoms with Gasteiger partial charge in [0.15, 0.2) is 0 Å². The van der Waals surface area contributed by atoms with Crippen LogP contribution in [0, 0.1) is 17.0 Å². The van der Waals surface area contributed by atoms with Crippen molar-refractivity contribution < 1.29 is 9.72 Å². The number of para-hydroxylation sites is 1. The van der Waals surface area contributed by atoms with E-state index in [2.05, 4.69) is 15.4 Å². The molecule has 1 heterocycles. The molecular weight excluding hydrogens is 310 g/mol. The highest BCUT2D eigenvalue weighted by molar-refractivity contribution is 6.01. The van der Waals surface area contributed by atoms with Crippen LogP contribution in [-0.2, 0) is 0 Å². The Hall–Kier alpha value is -3.55. The van der Waals surface area contributed by atoms with E-state index >= 15 is 0 Å². The molecule has 24 heavy (non-hydrogen) atoms. The minimum Gasteiger partial charge on any atom is -0.319 e. The Balaban J connectivity index is 1.84. The van der Waals surface area contributed by atoms with E-state index in [1.165, 1.54) is 16.8 Å². The Morgan fingerprint density at radius 3 is 2.42 bits per heavy atom. The Bertz CT molecular complexity index is 888. The van der Waals surface area contributed by atoms with E-state index in [1.54, 1.807) is 31.2 Å². The highest BCUT2D eigenvalue weighted by Crippen LogP contribution is 2.16. The highest BCUT2D eigenvalue weighted by Gasteiger charge is 2.16. The number of rotatable bonds is 4. The van der Waals surface area contributed by atoms with Gasteiger partial charge in [0.2, 0.25) is 5.82 Å². The maximum atomic E-state index is 12.2. The van der Waals surface area contributed by atoms with Gasteiger partial charge in [0.25, 0.3) is 11.6 Å². The minimum absolute atomic E-state index is 0.0152. The average molecular weight is 323 g/mol. The van der Waals surface area contributed by atoms with E-state index in [-0.39, 0.29) is 11.5 Å². The molecule has 0 aliphatic carbocycles. The number of aryl methyl sites for hydroxylation is 1. The molecule has 0 atom stereocenters. The molecule has 0 fully saturated rings. The summed E-state index contributed by atoms with van der Waals surface area (Å²) in [6.07, 6.45) is 0. The zero-order valence-electron chi connectivity index (χ0n) is 12.7. The van der Waals surface area contributed by atoms with E-state index in [9.17, 15) is 14.9 Å². The highest BCUT2D eigenvalue weighted by atomic mass is 16.6.